The minimum atomic E-state index is -0.217. The predicted octanol–water partition coefficient (Wildman–Crippen LogP) is 2.52. The maximum atomic E-state index is 11.8. The van der Waals surface area contributed by atoms with Gasteiger partial charge < -0.3 is 10.6 Å². The number of rotatable bonds is 6. The van der Waals surface area contributed by atoms with E-state index in [2.05, 4.69) is 10.6 Å². The molecule has 0 heterocycles. The lowest BCUT2D eigenvalue weighted by Gasteiger charge is -2.09. The van der Waals surface area contributed by atoms with Gasteiger partial charge in [-0.15, -0.1) is 0 Å². The number of nitrogens with one attached hydrogen (secondary N) is 2. The second-order valence-electron chi connectivity index (χ2n) is 5.07. The monoisotopic (exact) mass is 262 g/mol. The minimum absolute atomic E-state index is 0.0455. The molecule has 0 aliphatic rings. The summed E-state index contributed by atoms with van der Waals surface area (Å²) in [4.78, 5) is 23.2. The number of ketones is 1. The fraction of sp³-hybridized carbons (Fsp3) is 0.467. The summed E-state index contributed by atoms with van der Waals surface area (Å²) >= 11 is 0. The third-order valence-corrected chi connectivity index (χ3v) is 2.68. The zero-order valence-corrected chi connectivity index (χ0v) is 11.8. The number of hydrogen-bond acceptors (Lipinski definition) is 2. The Bertz CT molecular complexity index is 424. The van der Waals surface area contributed by atoms with Crippen molar-refractivity contribution in [2.75, 3.05) is 13.1 Å². The van der Waals surface area contributed by atoms with Crippen molar-refractivity contribution in [1.82, 2.24) is 10.6 Å². The summed E-state index contributed by atoms with van der Waals surface area (Å²) in [6.07, 6.45) is 0.318. The van der Waals surface area contributed by atoms with E-state index in [-0.39, 0.29) is 11.8 Å². The van der Waals surface area contributed by atoms with Crippen molar-refractivity contribution in [3.8, 4) is 0 Å². The van der Waals surface area contributed by atoms with Crippen LogP contribution in [0.3, 0.4) is 0 Å². The van der Waals surface area contributed by atoms with E-state index in [9.17, 15) is 9.59 Å². The molecule has 0 saturated carbocycles. The van der Waals surface area contributed by atoms with Crippen molar-refractivity contribution < 1.29 is 9.59 Å². The average Bonchev–Trinajstić information content (AvgIpc) is 2.37. The molecule has 0 aliphatic heterocycles. The first kappa shape index (κ1) is 15.2. The number of carbonyl (C=O) groups is 2. The number of Topliss-reactive ketones (excluding diaryl/α,β-unsaturated/α-hetero) is 1. The number of hydrogen-bond donors (Lipinski definition) is 2. The van der Waals surface area contributed by atoms with Crippen molar-refractivity contribution in [2.45, 2.75) is 27.2 Å². The van der Waals surface area contributed by atoms with E-state index in [0.717, 1.165) is 5.56 Å². The smallest absolute Gasteiger partial charge is 0.314 e. The Morgan fingerprint density at radius 3 is 2.32 bits per heavy atom. The zero-order valence-electron chi connectivity index (χ0n) is 11.8. The van der Waals surface area contributed by atoms with Gasteiger partial charge in [-0.25, -0.2) is 4.79 Å². The molecule has 0 unspecified atom stereocenters. The van der Waals surface area contributed by atoms with Crippen molar-refractivity contribution in [3.05, 3.63) is 35.4 Å². The molecule has 0 saturated heterocycles. The fourth-order valence-corrected chi connectivity index (χ4v) is 1.53. The van der Waals surface area contributed by atoms with Crippen LogP contribution >= 0.6 is 0 Å². The Kier molecular flexibility index (Phi) is 6.06. The van der Waals surface area contributed by atoms with Crippen LogP contribution in [-0.4, -0.2) is 24.9 Å². The fourth-order valence-electron chi connectivity index (χ4n) is 1.53. The first-order chi connectivity index (χ1) is 8.99. The molecule has 1 rings (SSSR count). The molecule has 1 aromatic carbocycles. The van der Waals surface area contributed by atoms with Crippen LogP contribution in [0.5, 0.6) is 0 Å². The number of aryl methyl sites for hydroxylation is 1. The van der Waals surface area contributed by atoms with Gasteiger partial charge in [0.2, 0.25) is 0 Å². The summed E-state index contributed by atoms with van der Waals surface area (Å²) in [5.41, 5.74) is 1.82. The van der Waals surface area contributed by atoms with Gasteiger partial charge in [0.1, 0.15) is 0 Å². The van der Waals surface area contributed by atoms with Gasteiger partial charge in [0.05, 0.1) is 0 Å². The first-order valence-corrected chi connectivity index (χ1v) is 6.60. The Labute approximate surface area is 114 Å². The molecule has 0 aliphatic carbocycles. The lowest BCUT2D eigenvalue weighted by molar-refractivity contribution is 0.0983. The molecular weight excluding hydrogens is 240 g/mol. The largest absolute Gasteiger partial charge is 0.338 e. The Hall–Kier alpha value is -1.84. The second kappa shape index (κ2) is 7.56. The standard InChI is InChI=1S/C15H22N2O2/c1-11(2)10-17-15(19)16-9-8-14(18)13-6-4-12(3)5-7-13/h4-7,11H,8-10H2,1-3H3,(H2,16,17,19). The van der Waals surface area contributed by atoms with E-state index in [1.54, 1.807) is 0 Å². The summed E-state index contributed by atoms with van der Waals surface area (Å²) in [5, 5.41) is 5.42. The van der Waals surface area contributed by atoms with E-state index in [1.807, 2.05) is 45.0 Å². The van der Waals surface area contributed by atoms with Crippen molar-refractivity contribution in [1.29, 1.82) is 0 Å². The molecule has 2 amide bonds. The second-order valence-corrected chi connectivity index (χ2v) is 5.07. The number of carbonyl (C=O) groups excluding carboxylic acids is 2. The van der Waals surface area contributed by atoms with Crippen molar-refractivity contribution >= 4 is 11.8 Å². The van der Waals surface area contributed by atoms with E-state index in [4.69, 9.17) is 0 Å². The lowest BCUT2D eigenvalue weighted by atomic mass is 10.1. The SMILES string of the molecule is Cc1ccc(C(=O)CCNC(=O)NCC(C)C)cc1. The molecule has 2 N–H and O–H groups in total. The van der Waals surface area contributed by atoms with Crippen molar-refractivity contribution in [3.63, 3.8) is 0 Å². The third-order valence-electron chi connectivity index (χ3n) is 2.68. The maximum absolute atomic E-state index is 11.8. The topological polar surface area (TPSA) is 58.2 Å². The van der Waals surface area contributed by atoms with Crippen molar-refractivity contribution in [2.24, 2.45) is 5.92 Å². The summed E-state index contributed by atoms with van der Waals surface area (Å²) in [6.45, 7) is 7.03. The number of benzene rings is 1. The van der Waals surface area contributed by atoms with E-state index in [0.29, 0.717) is 31.0 Å². The molecule has 0 radical (unpaired) electrons. The van der Waals surface area contributed by atoms with Crippen LogP contribution in [0.1, 0.15) is 36.2 Å². The zero-order chi connectivity index (χ0) is 14.3. The van der Waals surface area contributed by atoms with Crippen LogP contribution in [0.25, 0.3) is 0 Å². The number of urea groups is 1. The Morgan fingerprint density at radius 1 is 1.11 bits per heavy atom. The first-order valence-electron chi connectivity index (χ1n) is 6.60. The molecule has 0 spiro atoms. The van der Waals surface area contributed by atoms with Crippen LogP contribution in [0.4, 0.5) is 4.79 Å². The summed E-state index contributed by atoms with van der Waals surface area (Å²) in [7, 11) is 0. The summed E-state index contributed by atoms with van der Waals surface area (Å²) in [6, 6.07) is 7.24. The highest BCUT2D eigenvalue weighted by Gasteiger charge is 2.06. The molecule has 0 aromatic heterocycles. The van der Waals surface area contributed by atoms with Gasteiger partial charge in [-0.3, -0.25) is 4.79 Å². The normalized spacial score (nSPS) is 10.3. The molecule has 1 aromatic rings. The molecule has 0 bridgehead atoms. The quantitative estimate of drug-likeness (QED) is 0.774. The minimum Gasteiger partial charge on any atom is -0.338 e. The molecular formula is C15H22N2O2. The van der Waals surface area contributed by atoms with Gasteiger partial charge in [0.15, 0.2) is 5.78 Å². The van der Waals surface area contributed by atoms with Gasteiger partial charge >= 0.3 is 6.03 Å². The van der Waals surface area contributed by atoms with Crippen LogP contribution < -0.4 is 10.6 Å². The van der Waals surface area contributed by atoms with Crippen LogP contribution in [0.2, 0.25) is 0 Å². The highest BCUT2D eigenvalue weighted by molar-refractivity contribution is 5.96. The molecule has 4 heteroatoms. The Balaban J connectivity index is 2.27. The molecule has 104 valence electrons. The van der Waals surface area contributed by atoms with Crippen LogP contribution in [0, 0.1) is 12.8 Å². The van der Waals surface area contributed by atoms with Gasteiger partial charge in [-0.1, -0.05) is 43.7 Å². The summed E-state index contributed by atoms with van der Waals surface area (Å²) < 4.78 is 0. The van der Waals surface area contributed by atoms with Gasteiger partial charge in [-0.05, 0) is 12.8 Å². The Morgan fingerprint density at radius 2 is 1.74 bits per heavy atom. The lowest BCUT2D eigenvalue weighted by Crippen LogP contribution is -2.38. The highest BCUT2D eigenvalue weighted by atomic mass is 16.2. The molecule has 4 nitrogen and oxygen atoms in total. The van der Waals surface area contributed by atoms with Crippen LogP contribution in [-0.2, 0) is 0 Å². The van der Waals surface area contributed by atoms with E-state index in [1.165, 1.54) is 0 Å². The number of amides is 2. The van der Waals surface area contributed by atoms with Gasteiger partial charge in [0, 0.05) is 25.1 Å². The molecule has 0 fully saturated rings. The summed E-state index contributed by atoms with van der Waals surface area (Å²) in [5.74, 6) is 0.462. The van der Waals surface area contributed by atoms with Gasteiger partial charge in [-0.2, -0.15) is 0 Å². The van der Waals surface area contributed by atoms with E-state index >= 15 is 0 Å². The molecule has 0 atom stereocenters. The maximum Gasteiger partial charge on any atom is 0.314 e. The molecule has 19 heavy (non-hydrogen) atoms. The highest BCUT2D eigenvalue weighted by Crippen LogP contribution is 2.05. The van der Waals surface area contributed by atoms with E-state index < -0.39 is 0 Å². The van der Waals surface area contributed by atoms with Crippen LogP contribution in [0.15, 0.2) is 24.3 Å². The average molecular weight is 262 g/mol. The third kappa shape index (κ3) is 6.04. The predicted molar refractivity (Wildman–Crippen MR) is 76.4 cm³/mol. The van der Waals surface area contributed by atoms with Gasteiger partial charge in [0.25, 0.3) is 0 Å².